The monoisotopic (exact) mass is 551 g/mol. The Morgan fingerprint density at radius 3 is 0.757 bits per heavy atom. The van der Waals surface area contributed by atoms with Gasteiger partial charge in [0.2, 0.25) is 0 Å². The van der Waals surface area contributed by atoms with E-state index in [1.807, 2.05) is 0 Å². The highest BCUT2D eigenvalue weighted by atomic mass is 32.2. The highest BCUT2D eigenvalue weighted by molar-refractivity contribution is 7.97. The van der Waals surface area contributed by atoms with Crippen LogP contribution < -0.4 is 0 Å². The van der Waals surface area contributed by atoms with Gasteiger partial charge >= 0.3 is 18.5 Å². The maximum absolute atomic E-state index is 12.7. The Kier molecular flexibility index (Phi) is 7.59. The second-order valence-corrected chi connectivity index (χ2v) is 9.39. The summed E-state index contributed by atoms with van der Waals surface area (Å²) in [5, 5.41) is 0. The Labute approximate surface area is 205 Å². The van der Waals surface area contributed by atoms with Crippen LogP contribution in [-0.2, 0) is 10.9 Å². The molecule has 3 nitrogen and oxygen atoms in total. The molecule has 0 saturated heterocycles. The Morgan fingerprint density at radius 2 is 0.595 bits per heavy atom. The fourth-order valence-electron chi connectivity index (χ4n) is 3.13. The lowest BCUT2D eigenvalue weighted by Gasteiger charge is -2.11. The molecule has 0 spiro atoms. The third kappa shape index (κ3) is 6.40. The molecular formula is C24H12F9O3S+. The van der Waals surface area contributed by atoms with Gasteiger partial charge in [0.25, 0.3) is 17.3 Å². The number of carbonyl (C=O) groups is 3. The fourth-order valence-corrected chi connectivity index (χ4v) is 5.17. The third-order valence-corrected chi connectivity index (χ3v) is 7.06. The largest absolute Gasteiger partial charge is 0.454 e. The predicted octanol–water partition coefficient (Wildman–Crippen LogP) is 7.02. The van der Waals surface area contributed by atoms with Gasteiger partial charge < -0.3 is 0 Å². The number of ketones is 3. The summed E-state index contributed by atoms with van der Waals surface area (Å²) >= 11 is 0. The van der Waals surface area contributed by atoms with Gasteiger partial charge in [-0.15, -0.1) is 0 Å². The zero-order valence-corrected chi connectivity index (χ0v) is 18.8. The van der Waals surface area contributed by atoms with Crippen LogP contribution in [0.25, 0.3) is 0 Å². The molecule has 0 aliphatic carbocycles. The fraction of sp³-hybridized carbons (Fsp3) is 0.125. The van der Waals surface area contributed by atoms with E-state index < -0.39 is 63.5 Å². The van der Waals surface area contributed by atoms with Crippen LogP contribution in [0.15, 0.2) is 87.5 Å². The second-order valence-electron chi connectivity index (χ2n) is 7.36. The van der Waals surface area contributed by atoms with E-state index in [2.05, 4.69) is 0 Å². The van der Waals surface area contributed by atoms with Crippen LogP contribution in [0, 0.1) is 0 Å². The van der Waals surface area contributed by atoms with Gasteiger partial charge in [-0.2, -0.15) is 39.5 Å². The highest BCUT2D eigenvalue weighted by Gasteiger charge is 2.42. The van der Waals surface area contributed by atoms with E-state index in [4.69, 9.17) is 0 Å². The molecular weight excluding hydrogens is 539 g/mol. The summed E-state index contributed by atoms with van der Waals surface area (Å²) in [6.45, 7) is 0. The number of hydrogen-bond donors (Lipinski definition) is 0. The second kappa shape index (κ2) is 10.0. The minimum atomic E-state index is -5.13. The summed E-state index contributed by atoms with van der Waals surface area (Å²) in [5.41, 5.74) is -2.05. The molecule has 0 aromatic heterocycles. The molecule has 0 atom stereocenters. The summed E-state index contributed by atoms with van der Waals surface area (Å²) in [6.07, 6.45) is -15.4. The van der Waals surface area contributed by atoms with Crippen molar-refractivity contribution in [2.24, 2.45) is 0 Å². The molecule has 0 heterocycles. The lowest BCUT2D eigenvalue weighted by molar-refractivity contribution is -0.0888. The van der Waals surface area contributed by atoms with Crippen molar-refractivity contribution in [2.45, 2.75) is 33.2 Å². The molecule has 0 bridgehead atoms. The quantitative estimate of drug-likeness (QED) is 0.188. The Bertz CT molecular complexity index is 1140. The number of hydrogen-bond acceptors (Lipinski definition) is 3. The van der Waals surface area contributed by atoms with E-state index in [1.165, 1.54) is 0 Å². The Balaban J connectivity index is 2.07. The summed E-state index contributed by atoms with van der Waals surface area (Å²) in [4.78, 5) is 35.2. The molecule has 0 N–H and O–H groups in total. The molecule has 37 heavy (non-hydrogen) atoms. The van der Waals surface area contributed by atoms with Gasteiger partial charge in [-0.05, 0) is 72.8 Å². The maximum Gasteiger partial charge on any atom is 0.454 e. The van der Waals surface area contributed by atoms with E-state index in [0.29, 0.717) is 0 Å². The van der Waals surface area contributed by atoms with E-state index >= 15 is 0 Å². The molecule has 194 valence electrons. The van der Waals surface area contributed by atoms with Crippen molar-refractivity contribution in [1.82, 2.24) is 0 Å². The van der Waals surface area contributed by atoms with Gasteiger partial charge in [0.05, 0.1) is 10.9 Å². The lowest BCUT2D eigenvalue weighted by Crippen LogP contribution is -2.23. The zero-order chi connectivity index (χ0) is 27.8. The van der Waals surface area contributed by atoms with Crippen LogP contribution in [0.5, 0.6) is 0 Å². The predicted molar refractivity (Wildman–Crippen MR) is 113 cm³/mol. The molecule has 0 fully saturated rings. The van der Waals surface area contributed by atoms with Crippen LogP contribution in [-0.4, -0.2) is 35.9 Å². The van der Waals surface area contributed by atoms with Gasteiger partial charge in [-0.3, -0.25) is 14.4 Å². The first-order chi connectivity index (χ1) is 17.0. The number of alkyl halides is 9. The number of carbonyl (C=O) groups excluding carboxylic acids is 3. The van der Waals surface area contributed by atoms with Gasteiger partial charge in [0.1, 0.15) is 0 Å². The molecule has 0 saturated carbocycles. The molecule has 0 unspecified atom stereocenters. The zero-order valence-electron chi connectivity index (χ0n) is 18.0. The topological polar surface area (TPSA) is 51.2 Å². The summed E-state index contributed by atoms with van der Waals surface area (Å²) < 4.78 is 115. The van der Waals surface area contributed by atoms with Crippen molar-refractivity contribution in [3.8, 4) is 0 Å². The molecule has 3 aromatic rings. The number of Topliss-reactive ketones (excluding diaryl/α,β-unsaturated/α-hetero) is 3. The molecule has 0 radical (unpaired) electrons. The van der Waals surface area contributed by atoms with Gasteiger partial charge in [-0.1, -0.05) is 0 Å². The van der Waals surface area contributed by atoms with Gasteiger partial charge in [-0.25, -0.2) is 0 Å². The lowest BCUT2D eigenvalue weighted by atomic mass is 10.1. The first kappa shape index (κ1) is 28.0. The molecule has 3 rings (SSSR count). The summed E-state index contributed by atoms with van der Waals surface area (Å²) in [6, 6.07) is 12.2. The van der Waals surface area contributed by atoms with E-state index in [0.717, 1.165) is 72.8 Å². The van der Waals surface area contributed by atoms with E-state index in [1.54, 1.807) is 0 Å². The van der Waals surface area contributed by atoms with E-state index in [9.17, 15) is 53.9 Å². The molecule has 0 aliphatic heterocycles. The Hall–Kier alpha value is -3.61. The minimum absolute atomic E-state index is 0.253. The smallest absolute Gasteiger partial charge is 0.284 e. The third-order valence-electron chi connectivity index (χ3n) is 4.83. The normalized spacial score (nSPS) is 12.5. The van der Waals surface area contributed by atoms with E-state index in [-0.39, 0.29) is 14.7 Å². The molecule has 13 heteroatoms. The molecule has 3 aromatic carbocycles. The minimum Gasteiger partial charge on any atom is -0.284 e. The molecule has 0 amide bonds. The average Bonchev–Trinajstić information content (AvgIpc) is 2.82. The van der Waals surface area contributed by atoms with Crippen molar-refractivity contribution < 1.29 is 53.9 Å². The van der Waals surface area contributed by atoms with Crippen molar-refractivity contribution in [2.75, 3.05) is 0 Å². The standard InChI is InChI=1S/C24H12F9O3S/c25-22(26,27)19(34)13-1-7-16(8-2-13)37(17-9-3-14(4-10-17)20(35)23(28,29)30)18-11-5-15(6-12-18)21(36)24(31,32)33/h1-12H/q+1. The number of rotatable bonds is 6. The van der Waals surface area contributed by atoms with Crippen molar-refractivity contribution >= 4 is 28.2 Å². The van der Waals surface area contributed by atoms with Crippen LogP contribution >= 0.6 is 0 Å². The van der Waals surface area contributed by atoms with Crippen LogP contribution in [0.1, 0.15) is 31.1 Å². The Morgan fingerprint density at radius 1 is 0.405 bits per heavy atom. The SMILES string of the molecule is O=C(c1ccc([S+](c2ccc(C(=O)C(F)(F)F)cc2)c2ccc(C(=O)C(F)(F)F)cc2)cc1)C(F)(F)F. The number of benzene rings is 3. The molecule has 0 aliphatic rings. The van der Waals surface area contributed by atoms with Gasteiger partial charge in [0, 0.05) is 16.7 Å². The number of halogens is 9. The van der Waals surface area contributed by atoms with Crippen molar-refractivity contribution in [3.63, 3.8) is 0 Å². The summed E-state index contributed by atoms with van der Waals surface area (Å²) in [5.74, 6) is -6.32. The van der Waals surface area contributed by atoms with Crippen molar-refractivity contribution in [1.29, 1.82) is 0 Å². The van der Waals surface area contributed by atoms with Gasteiger partial charge in [0.15, 0.2) is 14.7 Å². The average molecular weight is 551 g/mol. The van der Waals surface area contributed by atoms with Crippen molar-refractivity contribution in [3.05, 3.63) is 89.5 Å². The van der Waals surface area contributed by atoms with Crippen LogP contribution in [0.4, 0.5) is 39.5 Å². The summed E-state index contributed by atoms with van der Waals surface area (Å²) in [7, 11) is -1.32. The highest BCUT2D eigenvalue weighted by Crippen LogP contribution is 2.34. The van der Waals surface area contributed by atoms with Crippen LogP contribution in [0.2, 0.25) is 0 Å². The first-order valence-corrected chi connectivity index (χ1v) is 11.1. The maximum atomic E-state index is 12.7. The first-order valence-electron chi connectivity index (χ1n) is 9.89. The van der Waals surface area contributed by atoms with Crippen LogP contribution in [0.3, 0.4) is 0 Å².